The summed E-state index contributed by atoms with van der Waals surface area (Å²) in [4.78, 5) is 0. The van der Waals surface area contributed by atoms with Crippen LogP contribution in [0.2, 0.25) is 0 Å². The summed E-state index contributed by atoms with van der Waals surface area (Å²) >= 11 is 0. The normalized spacial score (nSPS) is 11.5. The van der Waals surface area contributed by atoms with Crippen LogP contribution in [0, 0.1) is 0 Å². The van der Waals surface area contributed by atoms with Crippen molar-refractivity contribution in [2.24, 2.45) is 0 Å². The Morgan fingerprint density at radius 3 is 1.50 bits per heavy atom. The molecule has 2 aromatic rings. The Bertz CT molecular complexity index is 500. The Kier molecular flexibility index (Phi) is 4.27. The van der Waals surface area contributed by atoms with E-state index < -0.39 is 0 Å². The van der Waals surface area contributed by atoms with Gasteiger partial charge < -0.3 is 22.1 Å². The third kappa shape index (κ3) is 2.61. The minimum atomic E-state index is -0.309. The fourth-order valence-corrected chi connectivity index (χ4v) is 2.55. The van der Waals surface area contributed by atoms with Crippen LogP contribution in [-0.4, -0.2) is 20.6 Å². The van der Waals surface area contributed by atoms with Crippen LogP contribution in [0.5, 0.6) is 0 Å². The lowest BCUT2D eigenvalue weighted by molar-refractivity contribution is 0.419. The van der Waals surface area contributed by atoms with Crippen LogP contribution in [0.1, 0.15) is 11.1 Å². The Morgan fingerprint density at radius 1 is 0.800 bits per heavy atom. The molecule has 2 rings (SSSR count). The van der Waals surface area contributed by atoms with Gasteiger partial charge in [0.25, 0.3) is 0 Å². The van der Waals surface area contributed by atoms with Gasteiger partial charge in [-0.2, -0.15) is 0 Å². The van der Waals surface area contributed by atoms with E-state index in [4.69, 9.17) is 11.5 Å². The lowest BCUT2D eigenvalue weighted by Crippen LogP contribution is -2.48. The Hall–Kier alpha value is -2.04. The molecule has 0 saturated carbocycles. The maximum Gasteiger partial charge on any atom is 0.0814 e. The van der Waals surface area contributed by atoms with Gasteiger partial charge >= 0.3 is 0 Å². The number of nitrogen functional groups attached to an aromatic ring is 2. The van der Waals surface area contributed by atoms with E-state index in [1.165, 1.54) is 0 Å². The highest BCUT2D eigenvalue weighted by Crippen LogP contribution is 2.30. The number of rotatable bonds is 5. The first kappa shape index (κ1) is 14.4. The van der Waals surface area contributed by atoms with Crippen molar-refractivity contribution in [2.75, 3.05) is 32.1 Å². The maximum atomic E-state index is 5.79. The number of hydrogen-bond donors (Lipinski definition) is 4. The van der Waals surface area contributed by atoms with Gasteiger partial charge in [-0.1, -0.05) is 24.3 Å². The van der Waals surface area contributed by atoms with Crippen LogP contribution < -0.4 is 22.1 Å². The SMILES string of the molecule is CNCC(NC)(c1ccc(N)cc1)c1ccc(N)cc1. The third-order valence-corrected chi connectivity index (χ3v) is 3.68. The Morgan fingerprint density at radius 2 is 1.20 bits per heavy atom. The highest BCUT2D eigenvalue weighted by atomic mass is 15.0. The molecule has 0 aromatic heterocycles. The van der Waals surface area contributed by atoms with Crippen molar-refractivity contribution in [1.29, 1.82) is 0 Å². The van der Waals surface area contributed by atoms with Gasteiger partial charge in [-0.05, 0) is 49.5 Å². The molecule has 0 amide bonds. The summed E-state index contributed by atoms with van der Waals surface area (Å²) in [6.45, 7) is 0.761. The third-order valence-electron chi connectivity index (χ3n) is 3.68. The second-order valence-corrected chi connectivity index (χ2v) is 4.93. The highest BCUT2D eigenvalue weighted by Gasteiger charge is 2.31. The maximum absolute atomic E-state index is 5.79. The van der Waals surface area contributed by atoms with Crippen LogP contribution in [0.15, 0.2) is 48.5 Å². The summed E-state index contributed by atoms with van der Waals surface area (Å²) in [6.07, 6.45) is 0. The molecular weight excluding hydrogens is 248 g/mol. The van der Waals surface area contributed by atoms with Crippen molar-refractivity contribution in [1.82, 2.24) is 10.6 Å². The van der Waals surface area contributed by atoms with Crippen LogP contribution >= 0.6 is 0 Å². The van der Waals surface area contributed by atoms with Gasteiger partial charge in [-0.15, -0.1) is 0 Å². The van der Waals surface area contributed by atoms with E-state index in [0.717, 1.165) is 29.0 Å². The van der Waals surface area contributed by atoms with Gasteiger partial charge in [-0.3, -0.25) is 0 Å². The molecule has 0 heterocycles. The van der Waals surface area contributed by atoms with Crippen molar-refractivity contribution < 1.29 is 0 Å². The van der Waals surface area contributed by atoms with Crippen LogP contribution in [-0.2, 0) is 5.54 Å². The number of nitrogens with one attached hydrogen (secondary N) is 2. The van der Waals surface area contributed by atoms with E-state index >= 15 is 0 Å². The fourth-order valence-electron chi connectivity index (χ4n) is 2.55. The summed E-state index contributed by atoms with van der Waals surface area (Å²) in [7, 11) is 3.91. The monoisotopic (exact) mass is 270 g/mol. The second-order valence-electron chi connectivity index (χ2n) is 4.93. The van der Waals surface area contributed by atoms with E-state index in [1.54, 1.807) is 0 Å². The summed E-state index contributed by atoms with van der Waals surface area (Å²) in [5, 5.41) is 6.70. The first-order valence-electron chi connectivity index (χ1n) is 6.68. The predicted molar refractivity (Wildman–Crippen MR) is 85.5 cm³/mol. The molecule has 0 bridgehead atoms. The van der Waals surface area contributed by atoms with E-state index in [2.05, 4.69) is 34.9 Å². The molecule has 0 atom stereocenters. The second kappa shape index (κ2) is 5.94. The molecule has 0 aliphatic heterocycles. The average Bonchev–Trinajstić information content (AvgIpc) is 2.47. The minimum absolute atomic E-state index is 0.309. The molecule has 4 heteroatoms. The molecule has 0 radical (unpaired) electrons. The van der Waals surface area contributed by atoms with Gasteiger partial charge in [0.2, 0.25) is 0 Å². The highest BCUT2D eigenvalue weighted by molar-refractivity contribution is 5.48. The molecule has 0 unspecified atom stereocenters. The molecule has 106 valence electrons. The van der Waals surface area contributed by atoms with Crippen LogP contribution in [0.4, 0.5) is 11.4 Å². The zero-order chi connectivity index (χ0) is 14.6. The van der Waals surface area contributed by atoms with Gasteiger partial charge in [-0.25, -0.2) is 0 Å². The van der Waals surface area contributed by atoms with Crippen molar-refractivity contribution in [2.45, 2.75) is 5.54 Å². The molecule has 0 saturated heterocycles. The zero-order valence-corrected chi connectivity index (χ0v) is 12.0. The number of likely N-dealkylation sites (N-methyl/N-ethyl adjacent to an activating group) is 2. The molecular formula is C16H22N4. The fraction of sp³-hybridized carbons (Fsp3) is 0.250. The van der Waals surface area contributed by atoms with Gasteiger partial charge in [0.15, 0.2) is 0 Å². The molecule has 2 aromatic carbocycles. The number of nitrogens with two attached hydrogens (primary N) is 2. The van der Waals surface area contributed by atoms with E-state index in [9.17, 15) is 0 Å². The molecule has 0 spiro atoms. The standard InChI is InChI=1S/C16H22N4/c1-19-11-16(20-2,12-3-7-14(17)8-4-12)13-5-9-15(18)10-6-13/h3-10,19-20H,11,17-18H2,1-2H3. The summed E-state index contributed by atoms with van der Waals surface area (Å²) in [5.41, 5.74) is 15.1. The molecule has 0 fully saturated rings. The average molecular weight is 270 g/mol. The Labute approximate surface area is 120 Å². The molecule has 20 heavy (non-hydrogen) atoms. The van der Waals surface area contributed by atoms with Crippen molar-refractivity contribution in [3.63, 3.8) is 0 Å². The molecule has 0 aliphatic carbocycles. The summed E-state index contributed by atoms with van der Waals surface area (Å²) in [5.74, 6) is 0. The van der Waals surface area contributed by atoms with Crippen molar-refractivity contribution in [3.05, 3.63) is 59.7 Å². The van der Waals surface area contributed by atoms with Gasteiger partial charge in [0.05, 0.1) is 5.54 Å². The first-order valence-corrected chi connectivity index (χ1v) is 6.68. The molecule has 0 aliphatic rings. The smallest absolute Gasteiger partial charge is 0.0814 e. The zero-order valence-electron chi connectivity index (χ0n) is 12.0. The first-order chi connectivity index (χ1) is 9.62. The minimum Gasteiger partial charge on any atom is -0.399 e. The molecule has 6 N–H and O–H groups in total. The van der Waals surface area contributed by atoms with Crippen LogP contribution in [0.3, 0.4) is 0 Å². The van der Waals surface area contributed by atoms with Gasteiger partial charge in [0.1, 0.15) is 0 Å². The van der Waals surface area contributed by atoms with E-state index in [1.807, 2.05) is 38.4 Å². The van der Waals surface area contributed by atoms with E-state index in [0.29, 0.717) is 0 Å². The predicted octanol–water partition coefficient (Wildman–Crippen LogP) is 1.53. The summed E-state index contributed by atoms with van der Waals surface area (Å²) in [6, 6.07) is 15.9. The van der Waals surface area contributed by atoms with Crippen LogP contribution in [0.25, 0.3) is 0 Å². The lowest BCUT2D eigenvalue weighted by atomic mass is 9.82. The topological polar surface area (TPSA) is 76.1 Å². The number of benzene rings is 2. The van der Waals surface area contributed by atoms with E-state index in [-0.39, 0.29) is 5.54 Å². The quantitative estimate of drug-likeness (QED) is 0.622. The van der Waals surface area contributed by atoms with Crippen molar-refractivity contribution >= 4 is 11.4 Å². The summed E-state index contributed by atoms with van der Waals surface area (Å²) < 4.78 is 0. The number of hydrogen-bond acceptors (Lipinski definition) is 4. The number of anilines is 2. The molecule has 4 nitrogen and oxygen atoms in total. The Balaban J connectivity index is 2.54. The van der Waals surface area contributed by atoms with Gasteiger partial charge in [0, 0.05) is 17.9 Å². The largest absolute Gasteiger partial charge is 0.399 e. The lowest BCUT2D eigenvalue weighted by Gasteiger charge is -2.35. The van der Waals surface area contributed by atoms with Crippen molar-refractivity contribution in [3.8, 4) is 0 Å².